The van der Waals surface area contributed by atoms with Crippen molar-refractivity contribution in [3.05, 3.63) is 35.7 Å². The SMILES string of the molecule is CCc1c(N)ncnc1-c1cc(C#N)ccc1OC. The molecule has 1 aromatic heterocycles. The van der Waals surface area contributed by atoms with Crippen LogP contribution in [0.25, 0.3) is 11.3 Å². The maximum Gasteiger partial charge on any atom is 0.130 e. The third kappa shape index (κ3) is 2.33. The minimum absolute atomic E-state index is 0.455. The number of hydrogen-bond acceptors (Lipinski definition) is 5. The quantitative estimate of drug-likeness (QED) is 0.907. The normalized spacial score (nSPS) is 9.95. The number of nitrogen functional groups attached to an aromatic ring is 1. The molecule has 0 spiro atoms. The van der Waals surface area contributed by atoms with E-state index in [4.69, 9.17) is 15.7 Å². The Labute approximate surface area is 111 Å². The van der Waals surface area contributed by atoms with Gasteiger partial charge >= 0.3 is 0 Å². The molecule has 0 aliphatic rings. The molecule has 0 saturated carbocycles. The van der Waals surface area contributed by atoms with Crippen LogP contribution in [-0.4, -0.2) is 17.1 Å². The summed E-state index contributed by atoms with van der Waals surface area (Å²) in [4.78, 5) is 8.28. The summed E-state index contributed by atoms with van der Waals surface area (Å²) in [5.41, 5.74) is 8.75. The molecule has 96 valence electrons. The van der Waals surface area contributed by atoms with E-state index in [1.807, 2.05) is 6.92 Å². The van der Waals surface area contributed by atoms with Crippen molar-refractivity contribution in [3.63, 3.8) is 0 Å². The number of benzene rings is 1. The van der Waals surface area contributed by atoms with Crippen molar-refractivity contribution >= 4 is 5.82 Å². The van der Waals surface area contributed by atoms with Gasteiger partial charge in [0.05, 0.1) is 24.4 Å². The molecule has 0 unspecified atom stereocenters. The molecular weight excluding hydrogens is 240 g/mol. The summed E-state index contributed by atoms with van der Waals surface area (Å²) in [6.45, 7) is 1.99. The molecule has 2 N–H and O–H groups in total. The molecule has 0 bridgehead atoms. The summed E-state index contributed by atoms with van der Waals surface area (Å²) in [5.74, 6) is 1.11. The molecule has 1 heterocycles. The van der Waals surface area contributed by atoms with Gasteiger partial charge in [-0.05, 0) is 24.6 Å². The lowest BCUT2D eigenvalue weighted by molar-refractivity contribution is 0.416. The molecule has 0 radical (unpaired) electrons. The Balaban J connectivity index is 2.71. The molecule has 1 aromatic carbocycles. The number of nitrogens with two attached hydrogens (primary N) is 1. The predicted molar refractivity (Wildman–Crippen MR) is 72.5 cm³/mol. The zero-order valence-electron chi connectivity index (χ0n) is 10.8. The highest BCUT2D eigenvalue weighted by Gasteiger charge is 2.14. The zero-order valence-corrected chi connectivity index (χ0v) is 10.8. The van der Waals surface area contributed by atoms with E-state index < -0.39 is 0 Å². The minimum atomic E-state index is 0.455. The first kappa shape index (κ1) is 12.8. The van der Waals surface area contributed by atoms with Crippen LogP contribution in [0.5, 0.6) is 5.75 Å². The van der Waals surface area contributed by atoms with Crippen molar-refractivity contribution in [2.24, 2.45) is 0 Å². The van der Waals surface area contributed by atoms with Crippen LogP contribution >= 0.6 is 0 Å². The van der Waals surface area contributed by atoms with Crippen LogP contribution in [0.15, 0.2) is 24.5 Å². The number of nitrogens with zero attached hydrogens (tertiary/aromatic N) is 3. The van der Waals surface area contributed by atoms with Crippen molar-refractivity contribution in [1.29, 1.82) is 5.26 Å². The van der Waals surface area contributed by atoms with Gasteiger partial charge in [0.15, 0.2) is 0 Å². The Morgan fingerprint density at radius 2 is 2.16 bits per heavy atom. The van der Waals surface area contributed by atoms with Gasteiger partial charge in [-0.1, -0.05) is 6.92 Å². The van der Waals surface area contributed by atoms with Gasteiger partial charge in [-0.15, -0.1) is 0 Å². The summed E-state index contributed by atoms with van der Waals surface area (Å²) in [7, 11) is 1.58. The number of anilines is 1. The van der Waals surface area contributed by atoms with E-state index in [1.165, 1.54) is 6.33 Å². The van der Waals surface area contributed by atoms with Gasteiger partial charge in [-0.3, -0.25) is 0 Å². The fraction of sp³-hybridized carbons (Fsp3) is 0.214. The second kappa shape index (κ2) is 5.36. The van der Waals surface area contributed by atoms with Crippen LogP contribution in [0.4, 0.5) is 5.82 Å². The highest BCUT2D eigenvalue weighted by molar-refractivity contribution is 5.74. The lowest BCUT2D eigenvalue weighted by atomic mass is 10.0. The number of ether oxygens (including phenoxy) is 1. The predicted octanol–water partition coefficient (Wildman–Crippen LogP) is 2.17. The average Bonchev–Trinajstić information content (AvgIpc) is 2.46. The summed E-state index contributed by atoms with van der Waals surface area (Å²) < 4.78 is 5.33. The molecule has 5 heteroatoms. The minimum Gasteiger partial charge on any atom is -0.496 e. The van der Waals surface area contributed by atoms with Crippen LogP contribution in [-0.2, 0) is 6.42 Å². The molecule has 0 aliphatic heterocycles. The number of aromatic nitrogens is 2. The topological polar surface area (TPSA) is 84.8 Å². The lowest BCUT2D eigenvalue weighted by Crippen LogP contribution is -2.02. The third-order valence-corrected chi connectivity index (χ3v) is 2.92. The van der Waals surface area contributed by atoms with E-state index in [0.29, 0.717) is 29.2 Å². The van der Waals surface area contributed by atoms with Crippen molar-refractivity contribution in [1.82, 2.24) is 9.97 Å². The fourth-order valence-electron chi connectivity index (χ4n) is 1.97. The van der Waals surface area contributed by atoms with Gasteiger partial charge in [0.25, 0.3) is 0 Å². The Bertz CT molecular complexity index is 646. The van der Waals surface area contributed by atoms with Gasteiger partial charge in [-0.2, -0.15) is 5.26 Å². The largest absolute Gasteiger partial charge is 0.496 e. The Hall–Kier alpha value is -2.61. The summed E-state index contributed by atoms with van der Waals surface area (Å²) in [6.07, 6.45) is 2.13. The van der Waals surface area contributed by atoms with Gasteiger partial charge in [-0.25, -0.2) is 9.97 Å². The molecule has 0 fully saturated rings. The number of nitriles is 1. The first-order valence-corrected chi connectivity index (χ1v) is 5.89. The van der Waals surface area contributed by atoms with Crippen LogP contribution in [0.1, 0.15) is 18.1 Å². The van der Waals surface area contributed by atoms with Crippen LogP contribution in [0.3, 0.4) is 0 Å². The van der Waals surface area contributed by atoms with E-state index in [-0.39, 0.29) is 0 Å². The average molecular weight is 254 g/mol. The monoisotopic (exact) mass is 254 g/mol. The maximum absolute atomic E-state index is 9.01. The Kier molecular flexibility index (Phi) is 3.62. The second-order valence-electron chi connectivity index (χ2n) is 3.97. The molecule has 0 saturated heterocycles. The summed E-state index contributed by atoms with van der Waals surface area (Å²) >= 11 is 0. The first-order valence-electron chi connectivity index (χ1n) is 5.89. The van der Waals surface area contributed by atoms with E-state index in [0.717, 1.165) is 11.1 Å². The fourth-order valence-corrected chi connectivity index (χ4v) is 1.97. The van der Waals surface area contributed by atoms with Crippen LogP contribution < -0.4 is 10.5 Å². The molecule has 0 atom stereocenters. The van der Waals surface area contributed by atoms with E-state index in [1.54, 1.807) is 25.3 Å². The van der Waals surface area contributed by atoms with Crippen LogP contribution in [0, 0.1) is 11.3 Å². The van der Waals surface area contributed by atoms with E-state index in [2.05, 4.69) is 16.0 Å². The Morgan fingerprint density at radius 1 is 1.37 bits per heavy atom. The summed E-state index contributed by atoms with van der Waals surface area (Å²) in [6, 6.07) is 7.32. The summed E-state index contributed by atoms with van der Waals surface area (Å²) in [5, 5.41) is 9.01. The van der Waals surface area contributed by atoms with E-state index in [9.17, 15) is 0 Å². The smallest absolute Gasteiger partial charge is 0.130 e. The molecule has 2 rings (SSSR count). The van der Waals surface area contributed by atoms with Gasteiger partial charge in [0, 0.05) is 11.1 Å². The van der Waals surface area contributed by atoms with Crippen molar-refractivity contribution in [2.45, 2.75) is 13.3 Å². The number of methoxy groups -OCH3 is 1. The lowest BCUT2D eigenvalue weighted by Gasteiger charge is -2.12. The van der Waals surface area contributed by atoms with Gasteiger partial charge < -0.3 is 10.5 Å². The third-order valence-electron chi connectivity index (χ3n) is 2.92. The van der Waals surface area contributed by atoms with Crippen molar-refractivity contribution in [2.75, 3.05) is 12.8 Å². The molecular formula is C14H14N4O. The van der Waals surface area contributed by atoms with Crippen LogP contribution in [0.2, 0.25) is 0 Å². The Morgan fingerprint density at radius 3 is 2.79 bits per heavy atom. The van der Waals surface area contributed by atoms with E-state index >= 15 is 0 Å². The van der Waals surface area contributed by atoms with Gasteiger partial charge in [0.2, 0.25) is 0 Å². The van der Waals surface area contributed by atoms with Crippen molar-refractivity contribution < 1.29 is 4.74 Å². The molecule has 0 aliphatic carbocycles. The number of hydrogen-bond donors (Lipinski definition) is 1. The highest BCUT2D eigenvalue weighted by atomic mass is 16.5. The van der Waals surface area contributed by atoms with Crippen molar-refractivity contribution in [3.8, 4) is 23.1 Å². The van der Waals surface area contributed by atoms with Gasteiger partial charge in [0.1, 0.15) is 17.9 Å². The zero-order chi connectivity index (χ0) is 13.8. The standard InChI is InChI=1S/C14H14N4O/c1-3-10-13(17-8-18-14(10)16)11-6-9(7-15)4-5-12(11)19-2/h4-6,8H,3H2,1-2H3,(H2,16,17,18). The molecule has 0 amide bonds. The maximum atomic E-state index is 9.01. The highest BCUT2D eigenvalue weighted by Crippen LogP contribution is 2.33. The number of rotatable bonds is 3. The molecule has 19 heavy (non-hydrogen) atoms. The second-order valence-corrected chi connectivity index (χ2v) is 3.97. The molecule has 5 nitrogen and oxygen atoms in total. The molecule has 2 aromatic rings. The first-order chi connectivity index (χ1) is 9.21.